The number of hydrogen-bond acceptors (Lipinski definition) is 3. The summed E-state index contributed by atoms with van der Waals surface area (Å²) in [4.78, 5) is 7.60. The molecule has 12 aromatic rings. The fourth-order valence-electron chi connectivity index (χ4n) is 15.3. The Labute approximate surface area is 573 Å². The fourth-order valence-corrected chi connectivity index (χ4v) is 15.3. The van der Waals surface area contributed by atoms with E-state index in [1.165, 1.54) is 134 Å². The summed E-state index contributed by atoms with van der Waals surface area (Å²) in [5, 5.41) is 0. The number of rotatable bonds is 6. The third-order valence-electron chi connectivity index (χ3n) is 20.1. The summed E-state index contributed by atoms with van der Waals surface area (Å²) < 4.78 is 0. The predicted molar refractivity (Wildman–Crippen MR) is 413 cm³/mol. The van der Waals surface area contributed by atoms with E-state index in [0.717, 1.165) is 0 Å². The van der Waals surface area contributed by atoms with E-state index >= 15 is 0 Å². The van der Waals surface area contributed by atoms with Crippen molar-refractivity contribution in [3.8, 4) is 66.8 Å². The highest BCUT2D eigenvalue weighted by molar-refractivity contribution is 5.88. The first kappa shape index (κ1) is 64.7. The van der Waals surface area contributed by atoms with Crippen molar-refractivity contribution in [3.05, 3.63) is 325 Å². The molecule has 0 radical (unpaired) electrons. The average molecular weight is 1250 g/mol. The van der Waals surface area contributed by atoms with Crippen LogP contribution in [0.25, 0.3) is 66.8 Å². The summed E-state index contributed by atoms with van der Waals surface area (Å²) in [6.45, 7) is 34.9. The molecule has 0 bridgehead atoms. The molecule has 0 N–H and O–H groups in total. The molecule has 3 heterocycles. The zero-order valence-electron chi connectivity index (χ0n) is 59.1. The van der Waals surface area contributed by atoms with Crippen LogP contribution in [-0.4, -0.2) is 16.6 Å². The Morgan fingerprint density at radius 3 is 0.583 bits per heavy atom. The Hall–Kier alpha value is -9.96. The first-order valence-corrected chi connectivity index (χ1v) is 34.4. The normalized spacial score (nSPS) is 14.6. The first-order valence-electron chi connectivity index (χ1n) is 34.4. The molecule has 3 nitrogen and oxygen atoms in total. The van der Waals surface area contributed by atoms with Crippen LogP contribution in [0.15, 0.2) is 291 Å². The standard InChI is InChI=1S/3C31H31N/c1-30(2,3)32-28-19-17-24(22-12-8-6-9-13-22)20-27(28)31(4,5)26-18-16-25(21-29(26)32)23-14-10-7-11-15-23;1-30(2,3)32-28-18-16-24(22-12-8-6-9-13-22)20-26(28)31(4,5)27-21-25(17-19-29(27)32)23-14-10-7-11-15-23;1-30(2,3)32-28-20-24(22-12-8-6-9-13-22)16-18-26(28)31(4,5)27-19-17-25(21-29(27)32)23-14-10-7-11-15-23/h3*6-21H,1-5H3. The molecule has 96 heavy (non-hydrogen) atoms. The van der Waals surface area contributed by atoms with Crippen LogP contribution in [0.2, 0.25) is 0 Å². The third-order valence-corrected chi connectivity index (χ3v) is 20.1. The molecule has 15 rings (SSSR count). The van der Waals surface area contributed by atoms with E-state index in [-0.39, 0.29) is 32.9 Å². The number of benzene rings is 12. The maximum absolute atomic E-state index is 2.54. The lowest BCUT2D eigenvalue weighted by molar-refractivity contribution is 0.530. The van der Waals surface area contributed by atoms with Gasteiger partial charge in [-0.05, 0) is 217 Å². The summed E-state index contributed by atoms with van der Waals surface area (Å²) >= 11 is 0. The molecule has 3 heteroatoms. The maximum atomic E-state index is 2.54. The van der Waals surface area contributed by atoms with Gasteiger partial charge in [-0.1, -0.05) is 278 Å². The summed E-state index contributed by atoms with van der Waals surface area (Å²) in [5.41, 5.74) is 30.9. The number of anilines is 6. The molecule has 0 spiro atoms. The molecule has 0 aromatic heterocycles. The second kappa shape index (κ2) is 25.0. The van der Waals surface area contributed by atoms with Crippen LogP contribution in [0.1, 0.15) is 137 Å². The van der Waals surface area contributed by atoms with Crippen LogP contribution < -0.4 is 14.7 Å². The summed E-state index contributed by atoms with van der Waals surface area (Å²) in [6, 6.07) is 106. The van der Waals surface area contributed by atoms with Crippen molar-refractivity contribution in [3.63, 3.8) is 0 Å². The average Bonchev–Trinajstić information content (AvgIpc) is 0.732. The topological polar surface area (TPSA) is 9.72 Å². The molecule has 0 fully saturated rings. The fraction of sp³-hybridized carbons (Fsp3) is 0.226. The molecule has 0 unspecified atom stereocenters. The Kier molecular flexibility index (Phi) is 16.8. The number of hydrogen-bond donors (Lipinski definition) is 0. The quantitative estimate of drug-likeness (QED) is 0.164. The lowest BCUT2D eigenvalue weighted by Gasteiger charge is -2.48. The van der Waals surface area contributed by atoms with Crippen molar-refractivity contribution in [1.82, 2.24) is 0 Å². The monoisotopic (exact) mass is 1250 g/mol. The second-order valence-electron chi connectivity index (χ2n) is 31.0. The van der Waals surface area contributed by atoms with Crippen LogP contribution >= 0.6 is 0 Å². The van der Waals surface area contributed by atoms with Crippen LogP contribution in [-0.2, 0) is 16.2 Å². The SMILES string of the molecule is CC1(C)c2cc(-c3ccccc3)ccc2N(C(C)(C)C)c2ccc(-c3ccccc3)cc21.CC1(C)c2ccc(-c3ccccc3)cc2N(C(C)(C)C)c2cc(-c3ccccc3)ccc21.CC1(C)c2ccc(-c3ccccc3)cc2N(C(C)(C)C)c2ccc(-c3ccccc3)cc21. The molecule has 3 aliphatic rings. The Balaban J connectivity index is 0.000000130. The molecule has 480 valence electrons. The molecular formula is C93H93N3. The minimum atomic E-state index is -0.109. The number of nitrogens with zero attached hydrogens (tertiary/aromatic N) is 3. The van der Waals surface area contributed by atoms with Crippen LogP contribution in [0.3, 0.4) is 0 Å². The highest BCUT2D eigenvalue weighted by Crippen LogP contribution is 2.57. The van der Waals surface area contributed by atoms with E-state index in [2.05, 4.69) is 410 Å². The van der Waals surface area contributed by atoms with E-state index in [4.69, 9.17) is 0 Å². The summed E-state index contributed by atoms with van der Waals surface area (Å²) in [5.74, 6) is 0. The van der Waals surface area contributed by atoms with Gasteiger partial charge >= 0.3 is 0 Å². The number of fused-ring (bicyclic) bond motifs is 6. The van der Waals surface area contributed by atoms with Crippen LogP contribution in [0.4, 0.5) is 34.1 Å². The van der Waals surface area contributed by atoms with Gasteiger partial charge in [-0.3, -0.25) is 0 Å². The Morgan fingerprint density at radius 1 is 0.177 bits per heavy atom. The van der Waals surface area contributed by atoms with E-state index in [1.807, 2.05) is 0 Å². The lowest BCUT2D eigenvalue weighted by atomic mass is 9.71. The summed E-state index contributed by atoms with van der Waals surface area (Å²) in [7, 11) is 0. The third kappa shape index (κ3) is 12.2. The van der Waals surface area contributed by atoms with Gasteiger partial charge in [0.2, 0.25) is 0 Å². The van der Waals surface area contributed by atoms with E-state index in [0.29, 0.717) is 0 Å². The minimum absolute atomic E-state index is 0.0392. The van der Waals surface area contributed by atoms with E-state index in [9.17, 15) is 0 Å². The molecule has 0 saturated carbocycles. The van der Waals surface area contributed by atoms with Gasteiger partial charge in [0.25, 0.3) is 0 Å². The van der Waals surface area contributed by atoms with Crippen molar-refractivity contribution < 1.29 is 0 Å². The molecule has 12 aromatic carbocycles. The van der Waals surface area contributed by atoms with Gasteiger partial charge in [-0.25, -0.2) is 0 Å². The summed E-state index contributed by atoms with van der Waals surface area (Å²) in [6.07, 6.45) is 0. The van der Waals surface area contributed by atoms with Gasteiger partial charge in [-0.15, -0.1) is 0 Å². The zero-order chi connectivity index (χ0) is 67.5. The van der Waals surface area contributed by atoms with Crippen molar-refractivity contribution in [2.45, 2.75) is 137 Å². The predicted octanol–water partition coefficient (Wildman–Crippen LogP) is 25.8. The highest BCUT2D eigenvalue weighted by atomic mass is 15.2. The van der Waals surface area contributed by atoms with Crippen molar-refractivity contribution in [1.29, 1.82) is 0 Å². The van der Waals surface area contributed by atoms with Crippen molar-refractivity contribution in [2.75, 3.05) is 14.7 Å². The van der Waals surface area contributed by atoms with Gasteiger partial charge < -0.3 is 14.7 Å². The smallest absolute Gasteiger partial charge is 0.0463 e. The second-order valence-corrected chi connectivity index (χ2v) is 31.0. The van der Waals surface area contributed by atoms with Gasteiger partial charge in [0, 0.05) is 67.0 Å². The molecular weight excluding hydrogens is 1160 g/mol. The van der Waals surface area contributed by atoms with Gasteiger partial charge in [-0.2, -0.15) is 0 Å². The molecule has 0 amide bonds. The van der Waals surface area contributed by atoms with Gasteiger partial charge in [0.05, 0.1) is 0 Å². The highest BCUT2D eigenvalue weighted by Gasteiger charge is 2.44. The zero-order valence-corrected chi connectivity index (χ0v) is 59.1. The van der Waals surface area contributed by atoms with Gasteiger partial charge in [0.15, 0.2) is 0 Å². The van der Waals surface area contributed by atoms with Crippen LogP contribution in [0.5, 0.6) is 0 Å². The molecule has 0 saturated heterocycles. The first-order chi connectivity index (χ1) is 45.8. The molecule has 0 aliphatic carbocycles. The Morgan fingerprint density at radius 2 is 0.354 bits per heavy atom. The minimum Gasteiger partial charge on any atom is -0.336 e. The molecule has 0 atom stereocenters. The van der Waals surface area contributed by atoms with Crippen LogP contribution in [0, 0.1) is 0 Å². The van der Waals surface area contributed by atoms with Crippen molar-refractivity contribution in [2.24, 2.45) is 0 Å². The van der Waals surface area contributed by atoms with Gasteiger partial charge in [0.1, 0.15) is 0 Å². The largest absolute Gasteiger partial charge is 0.336 e. The Bertz CT molecular complexity index is 4570. The van der Waals surface area contributed by atoms with E-state index < -0.39 is 0 Å². The van der Waals surface area contributed by atoms with E-state index in [1.54, 1.807) is 0 Å². The van der Waals surface area contributed by atoms with Crippen molar-refractivity contribution >= 4 is 34.1 Å². The lowest BCUT2D eigenvalue weighted by Crippen LogP contribution is -2.43. The maximum Gasteiger partial charge on any atom is 0.0463 e. The molecule has 3 aliphatic heterocycles.